The third-order valence-electron chi connectivity index (χ3n) is 4.82. The standard InChI is InChI=1S/C25H26N2O4S/c1-16-8-5-6-11-21(16)27-24(28)17(2)32-20-10-7-9-19(15-20)26-25(29)18-12-13-22(30-3)23(14-18)31-4/h5-15,17H,1-4H3,(H,26,29)(H,27,28). The van der Waals surface area contributed by atoms with Crippen molar-refractivity contribution in [2.24, 2.45) is 0 Å². The molecule has 7 heteroatoms. The van der Waals surface area contributed by atoms with Crippen molar-refractivity contribution in [1.82, 2.24) is 0 Å². The van der Waals surface area contributed by atoms with Gasteiger partial charge >= 0.3 is 0 Å². The van der Waals surface area contributed by atoms with Gasteiger partial charge in [-0.3, -0.25) is 9.59 Å². The fraction of sp³-hybridized carbons (Fsp3) is 0.200. The summed E-state index contributed by atoms with van der Waals surface area (Å²) in [5.74, 6) is 0.695. The van der Waals surface area contributed by atoms with Crippen molar-refractivity contribution in [3.63, 3.8) is 0 Å². The highest BCUT2D eigenvalue weighted by Gasteiger charge is 2.16. The van der Waals surface area contributed by atoms with Crippen LogP contribution in [0.25, 0.3) is 0 Å². The van der Waals surface area contributed by atoms with Crippen LogP contribution in [0.15, 0.2) is 71.6 Å². The van der Waals surface area contributed by atoms with Gasteiger partial charge in [0.2, 0.25) is 5.91 Å². The van der Waals surface area contributed by atoms with Gasteiger partial charge in [-0.15, -0.1) is 11.8 Å². The van der Waals surface area contributed by atoms with E-state index in [0.717, 1.165) is 16.1 Å². The monoisotopic (exact) mass is 450 g/mol. The Morgan fingerprint density at radius 1 is 0.875 bits per heavy atom. The molecule has 0 aliphatic heterocycles. The van der Waals surface area contributed by atoms with E-state index in [-0.39, 0.29) is 17.1 Å². The average molecular weight is 451 g/mol. The second-order valence-electron chi connectivity index (χ2n) is 7.12. The van der Waals surface area contributed by atoms with Crippen molar-refractivity contribution >= 4 is 35.0 Å². The molecule has 0 saturated heterocycles. The lowest BCUT2D eigenvalue weighted by atomic mass is 10.2. The van der Waals surface area contributed by atoms with Gasteiger partial charge in [0.25, 0.3) is 5.91 Å². The highest BCUT2D eigenvalue weighted by molar-refractivity contribution is 8.00. The minimum absolute atomic E-state index is 0.0796. The summed E-state index contributed by atoms with van der Waals surface area (Å²) in [6, 6.07) is 20.1. The average Bonchev–Trinajstić information content (AvgIpc) is 2.80. The first-order valence-electron chi connectivity index (χ1n) is 10.1. The molecule has 2 amide bonds. The molecule has 3 aromatic rings. The number of hydrogen-bond donors (Lipinski definition) is 2. The Bertz CT molecular complexity index is 1120. The molecule has 0 aromatic heterocycles. The third kappa shape index (κ3) is 5.82. The lowest BCUT2D eigenvalue weighted by molar-refractivity contribution is -0.115. The van der Waals surface area contributed by atoms with E-state index in [1.807, 2.05) is 56.3 Å². The predicted octanol–water partition coefficient (Wildman–Crippen LogP) is 5.38. The number of anilines is 2. The summed E-state index contributed by atoms with van der Waals surface area (Å²) in [6.45, 7) is 3.81. The summed E-state index contributed by atoms with van der Waals surface area (Å²) in [4.78, 5) is 26.2. The van der Waals surface area contributed by atoms with Crippen LogP contribution in [0.5, 0.6) is 11.5 Å². The van der Waals surface area contributed by atoms with Gasteiger partial charge in [-0.25, -0.2) is 0 Å². The van der Waals surface area contributed by atoms with Gasteiger partial charge in [0, 0.05) is 21.8 Å². The van der Waals surface area contributed by atoms with Crippen LogP contribution in [0.2, 0.25) is 0 Å². The molecule has 3 aromatic carbocycles. The van der Waals surface area contributed by atoms with Crippen LogP contribution in [0.3, 0.4) is 0 Å². The smallest absolute Gasteiger partial charge is 0.255 e. The normalized spacial score (nSPS) is 11.4. The van der Waals surface area contributed by atoms with Crippen molar-refractivity contribution in [2.45, 2.75) is 24.0 Å². The maximum atomic E-state index is 12.7. The number of aryl methyl sites for hydroxylation is 1. The van der Waals surface area contributed by atoms with Crippen LogP contribution in [0.4, 0.5) is 11.4 Å². The minimum Gasteiger partial charge on any atom is -0.493 e. The molecule has 0 aliphatic rings. The van der Waals surface area contributed by atoms with Crippen molar-refractivity contribution < 1.29 is 19.1 Å². The maximum Gasteiger partial charge on any atom is 0.255 e. The lowest BCUT2D eigenvalue weighted by Gasteiger charge is -2.14. The number of rotatable bonds is 8. The summed E-state index contributed by atoms with van der Waals surface area (Å²) in [5.41, 5.74) is 2.91. The van der Waals surface area contributed by atoms with Crippen molar-refractivity contribution in [3.8, 4) is 11.5 Å². The van der Waals surface area contributed by atoms with E-state index in [1.165, 1.54) is 18.9 Å². The first kappa shape index (κ1) is 23.2. The van der Waals surface area contributed by atoms with E-state index in [2.05, 4.69) is 10.6 Å². The Hall–Kier alpha value is -3.45. The molecule has 6 nitrogen and oxygen atoms in total. The topological polar surface area (TPSA) is 76.7 Å². The second kappa shape index (κ2) is 10.7. The zero-order valence-corrected chi connectivity index (χ0v) is 19.3. The predicted molar refractivity (Wildman–Crippen MR) is 129 cm³/mol. The van der Waals surface area contributed by atoms with Crippen LogP contribution in [0.1, 0.15) is 22.8 Å². The summed E-state index contributed by atoms with van der Waals surface area (Å²) >= 11 is 1.42. The minimum atomic E-state index is -0.314. The van der Waals surface area contributed by atoms with Gasteiger partial charge < -0.3 is 20.1 Å². The molecule has 1 atom stereocenters. The molecule has 166 valence electrons. The van der Waals surface area contributed by atoms with Gasteiger partial charge in [0.05, 0.1) is 19.5 Å². The molecule has 0 radical (unpaired) electrons. The second-order valence-corrected chi connectivity index (χ2v) is 8.53. The third-order valence-corrected chi connectivity index (χ3v) is 5.92. The molecule has 32 heavy (non-hydrogen) atoms. The Labute approximate surface area is 192 Å². The molecule has 0 saturated carbocycles. The Kier molecular flexibility index (Phi) is 7.78. The van der Waals surface area contributed by atoms with Gasteiger partial charge in [-0.05, 0) is 61.9 Å². The SMILES string of the molecule is COc1ccc(C(=O)Nc2cccc(SC(C)C(=O)Nc3ccccc3C)c2)cc1OC. The maximum absolute atomic E-state index is 12.7. The molecule has 3 rings (SSSR count). The van der Waals surface area contributed by atoms with Crippen molar-refractivity contribution in [2.75, 3.05) is 24.9 Å². The Morgan fingerprint density at radius 3 is 2.34 bits per heavy atom. The number of hydrogen-bond acceptors (Lipinski definition) is 5. The number of carbonyl (C=O) groups is 2. The van der Waals surface area contributed by atoms with Gasteiger partial charge in [0.15, 0.2) is 11.5 Å². The number of benzene rings is 3. The number of ether oxygens (including phenoxy) is 2. The number of thioether (sulfide) groups is 1. The van der Waals surface area contributed by atoms with Crippen LogP contribution in [-0.2, 0) is 4.79 Å². The van der Waals surface area contributed by atoms with E-state index in [1.54, 1.807) is 31.4 Å². The zero-order valence-electron chi connectivity index (χ0n) is 18.5. The first-order valence-corrected chi connectivity index (χ1v) is 11.0. The number of methoxy groups -OCH3 is 2. The number of para-hydroxylation sites is 1. The molecular weight excluding hydrogens is 424 g/mol. The molecule has 1 unspecified atom stereocenters. The molecule has 0 spiro atoms. The van der Waals surface area contributed by atoms with Crippen LogP contribution >= 0.6 is 11.8 Å². The summed E-state index contributed by atoms with van der Waals surface area (Å²) < 4.78 is 10.5. The molecule has 0 heterocycles. The molecular formula is C25H26N2O4S. The van der Waals surface area contributed by atoms with Crippen molar-refractivity contribution in [1.29, 1.82) is 0 Å². The lowest BCUT2D eigenvalue weighted by Crippen LogP contribution is -2.22. The van der Waals surface area contributed by atoms with E-state index in [4.69, 9.17) is 9.47 Å². The van der Waals surface area contributed by atoms with Gasteiger partial charge in [-0.1, -0.05) is 24.3 Å². The fourth-order valence-corrected chi connectivity index (χ4v) is 3.96. The van der Waals surface area contributed by atoms with E-state index >= 15 is 0 Å². The van der Waals surface area contributed by atoms with Gasteiger partial charge in [0.1, 0.15) is 0 Å². The summed E-state index contributed by atoms with van der Waals surface area (Å²) in [5, 5.41) is 5.54. The summed E-state index contributed by atoms with van der Waals surface area (Å²) in [7, 11) is 3.07. The number of carbonyl (C=O) groups excluding carboxylic acids is 2. The molecule has 0 bridgehead atoms. The van der Waals surface area contributed by atoms with E-state index in [0.29, 0.717) is 22.7 Å². The largest absolute Gasteiger partial charge is 0.493 e. The molecule has 0 aliphatic carbocycles. The highest BCUT2D eigenvalue weighted by Crippen LogP contribution is 2.29. The van der Waals surface area contributed by atoms with E-state index < -0.39 is 0 Å². The number of nitrogens with one attached hydrogen (secondary N) is 2. The molecule has 0 fully saturated rings. The quantitative estimate of drug-likeness (QED) is 0.451. The zero-order chi connectivity index (χ0) is 23.1. The van der Waals surface area contributed by atoms with Crippen molar-refractivity contribution in [3.05, 3.63) is 77.9 Å². The van der Waals surface area contributed by atoms with Crippen LogP contribution < -0.4 is 20.1 Å². The first-order chi connectivity index (χ1) is 15.4. The van der Waals surface area contributed by atoms with Gasteiger partial charge in [-0.2, -0.15) is 0 Å². The fourth-order valence-electron chi connectivity index (χ4n) is 3.03. The summed E-state index contributed by atoms with van der Waals surface area (Å²) in [6.07, 6.45) is 0. The highest BCUT2D eigenvalue weighted by atomic mass is 32.2. The number of amides is 2. The van der Waals surface area contributed by atoms with Crippen LogP contribution in [0, 0.1) is 6.92 Å². The van der Waals surface area contributed by atoms with E-state index in [9.17, 15) is 9.59 Å². The van der Waals surface area contributed by atoms with Crippen LogP contribution in [-0.4, -0.2) is 31.3 Å². The molecule has 2 N–H and O–H groups in total. The Morgan fingerprint density at radius 2 is 1.62 bits per heavy atom. The Balaban J connectivity index is 1.65.